The van der Waals surface area contributed by atoms with Gasteiger partial charge in [-0.3, -0.25) is 0 Å². The van der Waals surface area contributed by atoms with E-state index < -0.39 is 0 Å². The Bertz CT molecular complexity index is 699. The molecule has 0 N–H and O–H groups in total. The van der Waals surface area contributed by atoms with Gasteiger partial charge in [0.1, 0.15) is 0 Å². The van der Waals surface area contributed by atoms with Gasteiger partial charge in [-0.05, 0) is 0 Å². The third-order valence-corrected chi connectivity index (χ3v) is 5.47. The van der Waals surface area contributed by atoms with Gasteiger partial charge in [-0.15, -0.1) is 0 Å². The Balaban J connectivity index is 0.00000104. The van der Waals surface area contributed by atoms with Crippen molar-refractivity contribution in [1.29, 1.82) is 0 Å². The van der Waals surface area contributed by atoms with Crippen molar-refractivity contribution in [3.05, 3.63) is 82.9 Å². The molecule has 0 radical (unpaired) electrons. The van der Waals surface area contributed by atoms with Crippen molar-refractivity contribution in [2.45, 2.75) is 11.8 Å². The summed E-state index contributed by atoms with van der Waals surface area (Å²) >= 11 is 0.794. The fourth-order valence-corrected chi connectivity index (χ4v) is 4.52. The van der Waals surface area contributed by atoms with E-state index in [9.17, 15) is 0 Å². The number of allylic oxidation sites excluding steroid dienone is 2. The minimum atomic E-state index is 0. The summed E-state index contributed by atoms with van der Waals surface area (Å²) in [6.45, 7) is 0.832. The second-order valence-electron chi connectivity index (χ2n) is 6.00. The number of fused-ring (bicyclic) bond motifs is 2. The zero-order chi connectivity index (χ0) is 14.9. The summed E-state index contributed by atoms with van der Waals surface area (Å²) < 4.78 is 5.73. The van der Waals surface area contributed by atoms with Crippen LogP contribution in [0.4, 0.5) is 0 Å². The normalized spacial score (nSPS) is 19.9. The molecule has 2 atom stereocenters. The van der Waals surface area contributed by atoms with E-state index >= 15 is 0 Å². The maximum absolute atomic E-state index is 5.73. The number of hydrogen-bond donors (Lipinski definition) is 0. The number of benzene rings is 2. The maximum atomic E-state index is 5.73. The summed E-state index contributed by atoms with van der Waals surface area (Å²) in [6, 6.07) is 17.5. The summed E-state index contributed by atoms with van der Waals surface area (Å²) in [4.78, 5) is 0. The molecule has 0 spiro atoms. The Morgan fingerprint density at radius 1 is 0.760 bits per heavy atom. The zero-order valence-corrected chi connectivity index (χ0v) is 19.3. The fraction of sp³-hybridized carbons (Fsp3) is 0.200. The van der Waals surface area contributed by atoms with E-state index in [1.165, 1.54) is 22.3 Å². The number of halogens is 3. The van der Waals surface area contributed by atoms with Crippen molar-refractivity contribution in [2.75, 3.05) is 6.61 Å². The van der Waals surface area contributed by atoms with Gasteiger partial charge in [0.05, 0.1) is 0 Å². The van der Waals surface area contributed by atoms with Gasteiger partial charge in [-0.25, -0.2) is 0 Å². The van der Waals surface area contributed by atoms with Crippen LogP contribution in [0.2, 0.25) is 0 Å². The van der Waals surface area contributed by atoms with Gasteiger partial charge in [0, 0.05) is 0 Å². The molecule has 2 aliphatic carbocycles. The molecule has 4 rings (SSSR count). The molecule has 25 heavy (non-hydrogen) atoms. The first-order valence-corrected chi connectivity index (χ1v) is 9.18. The topological polar surface area (TPSA) is 9.23 Å². The molecular weight excluding hydrogens is 541 g/mol. The Hall–Kier alpha value is -0.380. The van der Waals surface area contributed by atoms with Crippen molar-refractivity contribution in [2.24, 2.45) is 5.92 Å². The molecule has 0 amide bonds. The molecule has 0 saturated heterocycles. The van der Waals surface area contributed by atoms with Crippen LogP contribution < -0.4 is 37.2 Å². The first-order chi connectivity index (χ1) is 10.9. The Kier molecular flexibility index (Phi) is 9.14. The number of rotatable bonds is 4. The second-order valence-corrected chi connectivity index (χ2v) is 7.04. The van der Waals surface area contributed by atoms with Crippen LogP contribution in [0.3, 0.4) is 0 Å². The van der Waals surface area contributed by atoms with E-state index in [0.717, 1.165) is 31.4 Å². The summed E-state index contributed by atoms with van der Waals surface area (Å²) in [5.74, 6) is 1.37. The average Bonchev–Trinajstić information content (AvgIpc) is 3.17. The molecule has 2 unspecified atom stereocenters. The van der Waals surface area contributed by atoms with Crippen molar-refractivity contribution in [1.82, 2.24) is 0 Å². The summed E-state index contributed by atoms with van der Waals surface area (Å²) in [5, 5.41) is 0. The molecule has 0 aromatic heterocycles. The predicted octanol–water partition coefficient (Wildman–Crippen LogP) is -4.29. The summed E-state index contributed by atoms with van der Waals surface area (Å²) in [6.07, 6.45) is 9.27. The van der Waals surface area contributed by atoms with Gasteiger partial charge < -0.3 is 37.2 Å². The SMILES string of the molecule is [Cl-].[Cl-].[Cl-].[Hf+3][O]CC(C1C=Cc2ccccc21)C1C=Cc2ccccc21. The fourth-order valence-electron chi connectivity index (χ4n) is 3.83. The van der Waals surface area contributed by atoms with Crippen LogP contribution in [-0.4, -0.2) is 6.61 Å². The summed E-state index contributed by atoms with van der Waals surface area (Å²) in [7, 11) is 0. The van der Waals surface area contributed by atoms with E-state index in [-0.39, 0.29) is 37.2 Å². The van der Waals surface area contributed by atoms with Gasteiger partial charge in [0.2, 0.25) is 0 Å². The van der Waals surface area contributed by atoms with Crippen LogP contribution in [-0.2, 0) is 27.7 Å². The first kappa shape index (κ1) is 22.7. The molecule has 0 aliphatic heterocycles. The minimum absolute atomic E-state index is 0. The monoisotopic (exact) mass is 558 g/mol. The van der Waals surface area contributed by atoms with Gasteiger partial charge in [-0.2, -0.15) is 0 Å². The predicted molar refractivity (Wildman–Crippen MR) is 85.9 cm³/mol. The van der Waals surface area contributed by atoms with Crippen LogP contribution in [0.15, 0.2) is 60.7 Å². The third-order valence-electron chi connectivity index (χ3n) is 4.87. The molecule has 2 aromatic carbocycles. The summed E-state index contributed by atoms with van der Waals surface area (Å²) in [5.41, 5.74) is 5.62. The Morgan fingerprint density at radius 2 is 1.20 bits per heavy atom. The van der Waals surface area contributed by atoms with Crippen LogP contribution in [0.1, 0.15) is 34.1 Å². The molecular formula is C20H17Cl3HfO. The van der Waals surface area contributed by atoms with Gasteiger partial charge >= 0.3 is 147 Å². The zero-order valence-electron chi connectivity index (χ0n) is 13.4. The van der Waals surface area contributed by atoms with Crippen LogP contribution in [0.5, 0.6) is 0 Å². The average molecular weight is 558 g/mol. The van der Waals surface area contributed by atoms with Crippen LogP contribution in [0.25, 0.3) is 12.2 Å². The van der Waals surface area contributed by atoms with Gasteiger partial charge in [-0.1, -0.05) is 0 Å². The van der Waals surface area contributed by atoms with E-state index in [4.69, 9.17) is 2.85 Å². The van der Waals surface area contributed by atoms with Crippen molar-refractivity contribution < 1.29 is 64.9 Å². The standard InChI is InChI=1S/C20H17O.3ClH.Hf/c21-13-20(18-11-9-14-5-1-3-7-16(14)18)19-12-10-15-6-2-4-8-17(15)19;;;;/h1-12,18-20H,13H2;3*1H;/q-1;;;;+4/p-3. The molecule has 0 bridgehead atoms. The van der Waals surface area contributed by atoms with Crippen LogP contribution >= 0.6 is 0 Å². The number of hydrogen-bond acceptors (Lipinski definition) is 1. The van der Waals surface area contributed by atoms with Gasteiger partial charge in [0.25, 0.3) is 0 Å². The molecule has 0 fully saturated rings. The molecule has 5 heteroatoms. The molecule has 0 saturated carbocycles. The Morgan fingerprint density at radius 3 is 1.64 bits per heavy atom. The molecule has 2 aliphatic rings. The quantitative estimate of drug-likeness (QED) is 0.346. The van der Waals surface area contributed by atoms with E-state index in [2.05, 4.69) is 72.8 Å². The molecule has 0 heterocycles. The van der Waals surface area contributed by atoms with E-state index in [0.29, 0.717) is 17.8 Å². The molecule has 2 aromatic rings. The third kappa shape index (κ3) is 4.31. The Labute approximate surface area is 183 Å². The first-order valence-electron chi connectivity index (χ1n) is 7.71. The molecule has 128 valence electrons. The van der Waals surface area contributed by atoms with E-state index in [1.807, 2.05) is 0 Å². The van der Waals surface area contributed by atoms with Crippen LogP contribution in [0, 0.1) is 5.92 Å². The molecule has 1 nitrogen and oxygen atoms in total. The van der Waals surface area contributed by atoms with Crippen molar-refractivity contribution >= 4 is 12.2 Å². The second kappa shape index (κ2) is 10.1. The van der Waals surface area contributed by atoms with Gasteiger partial charge in [0.15, 0.2) is 0 Å². The van der Waals surface area contributed by atoms with Crippen molar-refractivity contribution in [3.8, 4) is 0 Å². The van der Waals surface area contributed by atoms with Crippen molar-refractivity contribution in [3.63, 3.8) is 0 Å². The van der Waals surface area contributed by atoms with E-state index in [1.54, 1.807) is 0 Å².